The van der Waals surface area contributed by atoms with Crippen LogP contribution in [0.5, 0.6) is 0 Å². The molecular formula is C19H31N3O5S. The number of aromatic nitrogens is 1. The van der Waals surface area contributed by atoms with Crippen LogP contribution >= 0.6 is 0 Å². The van der Waals surface area contributed by atoms with Crippen molar-refractivity contribution in [2.45, 2.75) is 63.9 Å². The summed E-state index contributed by atoms with van der Waals surface area (Å²) in [6.45, 7) is 7.34. The van der Waals surface area contributed by atoms with E-state index in [-0.39, 0.29) is 28.7 Å². The summed E-state index contributed by atoms with van der Waals surface area (Å²) < 4.78 is 32.7. The van der Waals surface area contributed by atoms with Crippen molar-refractivity contribution >= 4 is 15.9 Å². The second-order valence-electron chi connectivity index (χ2n) is 8.05. The molecule has 1 aromatic heterocycles. The summed E-state index contributed by atoms with van der Waals surface area (Å²) in [4.78, 5) is 14.7. The van der Waals surface area contributed by atoms with Gasteiger partial charge in [0, 0.05) is 32.6 Å². The number of rotatable bonds is 5. The van der Waals surface area contributed by atoms with Gasteiger partial charge in [-0.2, -0.15) is 4.31 Å². The Hall–Kier alpha value is -1.45. The molecule has 0 spiro atoms. The number of aliphatic hydroxyl groups excluding tert-OH is 1. The van der Waals surface area contributed by atoms with Crippen molar-refractivity contribution in [3.63, 3.8) is 0 Å². The number of sulfonamides is 1. The Morgan fingerprint density at radius 1 is 1.18 bits per heavy atom. The van der Waals surface area contributed by atoms with Gasteiger partial charge in [-0.25, -0.2) is 8.42 Å². The van der Waals surface area contributed by atoms with E-state index in [9.17, 15) is 18.3 Å². The minimum Gasteiger partial charge on any atom is -0.393 e. The first kappa shape index (κ1) is 21.3. The number of likely N-dealkylation sites (tertiary alicyclic amines) is 1. The lowest BCUT2D eigenvalue weighted by Gasteiger charge is -2.38. The number of piperidine rings is 2. The zero-order chi connectivity index (χ0) is 20.5. The molecule has 1 amide bonds. The highest BCUT2D eigenvalue weighted by Crippen LogP contribution is 2.34. The molecule has 2 saturated heterocycles. The first-order valence-electron chi connectivity index (χ1n) is 10.1. The van der Waals surface area contributed by atoms with Gasteiger partial charge < -0.3 is 14.5 Å². The molecule has 2 aliphatic heterocycles. The monoisotopic (exact) mass is 413 g/mol. The molecule has 28 heavy (non-hydrogen) atoms. The van der Waals surface area contributed by atoms with Crippen molar-refractivity contribution in [3.8, 4) is 0 Å². The molecule has 0 radical (unpaired) electrons. The predicted octanol–water partition coefficient (Wildman–Crippen LogP) is 1.70. The lowest BCUT2D eigenvalue weighted by atomic mass is 9.82. The van der Waals surface area contributed by atoms with Crippen molar-refractivity contribution in [2.24, 2.45) is 11.8 Å². The highest BCUT2D eigenvalue weighted by atomic mass is 32.2. The number of amides is 1. The standard InChI is InChI=1S/C19H31N3O5S/c1-4-15-12-22(28(25,26)19-13(2)20-27-14(19)3)10-5-16(15)11-18(24)21-8-6-17(23)7-9-21/h15-17,23H,4-12H2,1-3H3. The van der Waals surface area contributed by atoms with Crippen molar-refractivity contribution in [1.82, 2.24) is 14.4 Å². The van der Waals surface area contributed by atoms with E-state index in [0.717, 1.165) is 6.42 Å². The van der Waals surface area contributed by atoms with Gasteiger partial charge in [-0.05, 0) is 44.9 Å². The summed E-state index contributed by atoms with van der Waals surface area (Å²) >= 11 is 0. The normalized spacial score (nSPS) is 25.2. The van der Waals surface area contributed by atoms with Gasteiger partial charge in [-0.1, -0.05) is 18.5 Å². The lowest BCUT2D eigenvalue weighted by molar-refractivity contribution is -0.135. The molecule has 2 unspecified atom stereocenters. The summed E-state index contributed by atoms with van der Waals surface area (Å²) in [6.07, 6.45) is 2.92. The molecule has 2 aliphatic rings. The van der Waals surface area contributed by atoms with Crippen LogP contribution in [0, 0.1) is 25.7 Å². The van der Waals surface area contributed by atoms with Gasteiger partial charge in [0.25, 0.3) is 0 Å². The summed E-state index contributed by atoms with van der Waals surface area (Å²) in [6, 6.07) is 0. The number of hydrogen-bond donors (Lipinski definition) is 1. The van der Waals surface area contributed by atoms with Crippen LogP contribution in [0.4, 0.5) is 0 Å². The minimum atomic E-state index is -3.65. The molecule has 158 valence electrons. The van der Waals surface area contributed by atoms with Gasteiger partial charge in [0.15, 0.2) is 5.76 Å². The summed E-state index contributed by atoms with van der Waals surface area (Å²) in [5.41, 5.74) is 0.384. The van der Waals surface area contributed by atoms with Gasteiger partial charge in [-0.15, -0.1) is 0 Å². The molecule has 8 nitrogen and oxygen atoms in total. The molecule has 3 rings (SSSR count). The van der Waals surface area contributed by atoms with E-state index < -0.39 is 10.0 Å². The summed E-state index contributed by atoms with van der Waals surface area (Å²) in [7, 11) is -3.65. The van der Waals surface area contributed by atoms with Crippen LogP contribution in [0.2, 0.25) is 0 Å². The van der Waals surface area contributed by atoms with E-state index in [1.54, 1.807) is 13.8 Å². The molecule has 9 heteroatoms. The van der Waals surface area contributed by atoms with Gasteiger partial charge >= 0.3 is 0 Å². The Bertz CT molecular complexity index is 779. The fourth-order valence-corrected chi connectivity index (χ4v) is 6.24. The Morgan fingerprint density at radius 2 is 1.86 bits per heavy atom. The number of nitrogens with zero attached hydrogens (tertiary/aromatic N) is 3. The smallest absolute Gasteiger partial charge is 0.248 e. The number of carbonyl (C=O) groups is 1. The number of aryl methyl sites for hydroxylation is 2. The van der Waals surface area contributed by atoms with E-state index in [1.165, 1.54) is 4.31 Å². The third-order valence-corrected chi connectivity index (χ3v) is 8.31. The molecule has 2 atom stereocenters. The van der Waals surface area contributed by atoms with Crippen LogP contribution < -0.4 is 0 Å². The average molecular weight is 414 g/mol. The van der Waals surface area contributed by atoms with E-state index in [1.807, 2.05) is 11.8 Å². The number of aliphatic hydroxyl groups is 1. The number of carbonyl (C=O) groups excluding carboxylic acids is 1. The van der Waals surface area contributed by atoms with Crippen LogP contribution in [0.3, 0.4) is 0 Å². The third kappa shape index (κ3) is 4.26. The predicted molar refractivity (Wildman–Crippen MR) is 103 cm³/mol. The molecule has 1 aromatic rings. The fourth-order valence-electron chi connectivity index (χ4n) is 4.44. The second kappa shape index (κ2) is 8.51. The SMILES string of the molecule is CCC1CN(S(=O)(=O)c2c(C)noc2C)CCC1CC(=O)N1CCC(O)CC1. The van der Waals surface area contributed by atoms with E-state index in [0.29, 0.717) is 63.3 Å². The molecule has 0 saturated carbocycles. The molecule has 0 aromatic carbocycles. The molecule has 0 bridgehead atoms. The minimum absolute atomic E-state index is 0.123. The quantitative estimate of drug-likeness (QED) is 0.788. The topological polar surface area (TPSA) is 104 Å². The largest absolute Gasteiger partial charge is 0.393 e. The Labute approximate surface area is 166 Å². The summed E-state index contributed by atoms with van der Waals surface area (Å²) in [5, 5.41) is 13.4. The van der Waals surface area contributed by atoms with E-state index in [4.69, 9.17) is 4.52 Å². The van der Waals surface area contributed by atoms with E-state index >= 15 is 0 Å². The fraction of sp³-hybridized carbons (Fsp3) is 0.789. The van der Waals surface area contributed by atoms with Crippen molar-refractivity contribution < 1.29 is 22.8 Å². The molecule has 1 N–H and O–H groups in total. The maximum absolute atomic E-state index is 13.1. The van der Waals surface area contributed by atoms with Gasteiger partial charge in [0.2, 0.25) is 15.9 Å². The van der Waals surface area contributed by atoms with Crippen molar-refractivity contribution in [1.29, 1.82) is 0 Å². The molecule has 0 aliphatic carbocycles. The Kier molecular flexibility index (Phi) is 6.46. The molecular weight excluding hydrogens is 382 g/mol. The highest BCUT2D eigenvalue weighted by molar-refractivity contribution is 7.89. The van der Waals surface area contributed by atoms with Crippen LogP contribution in [0.25, 0.3) is 0 Å². The number of hydrogen-bond acceptors (Lipinski definition) is 6. The first-order chi connectivity index (χ1) is 13.2. The second-order valence-corrected chi connectivity index (χ2v) is 9.92. The average Bonchev–Trinajstić information content (AvgIpc) is 3.01. The first-order valence-corrected chi connectivity index (χ1v) is 11.6. The zero-order valence-corrected chi connectivity index (χ0v) is 17.7. The molecule has 3 heterocycles. The van der Waals surface area contributed by atoms with Crippen molar-refractivity contribution in [3.05, 3.63) is 11.5 Å². The zero-order valence-electron chi connectivity index (χ0n) is 16.9. The van der Waals surface area contributed by atoms with Crippen LogP contribution in [0.1, 0.15) is 50.5 Å². The highest BCUT2D eigenvalue weighted by Gasteiger charge is 2.38. The Balaban J connectivity index is 1.66. The van der Waals surface area contributed by atoms with Crippen LogP contribution in [-0.2, 0) is 14.8 Å². The van der Waals surface area contributed by atoms with Crippen LogP contribution in [0.15, 0.2) is 9.42 Å². The lowest BCUT2D eigenvalue weighted by Crippen LogP contribution is -2.46. The van der Waals surface area contributed by atoms with Crippen molar-refractivity contribution in [2.75, 3.05) is 26.2 Å². The third-order valence-electron chi connectivity index (χ3n) is 6.20. The maximum atomic E-state index is 13.1. The summed E-state index contributed by atoms with van der Waals surface area (Å²) in [5.74, 6) is 0.760. The van der Waals surface area contributed by atoms with Gasteiger partial charge in [-0.3, -0.25) is 4.79 Å². The molecule has 2 fully saturated rings. The van der Waals surface area contributed by atoms with Gasteiger partial charge in [0.05, 0.1) is 6.10 Å². The van der Waals surface area contributed by atoms with Gasteiger partial charge in [0.1, 0.15) is 10.6 Å². The van der Waals surface area contributed by atoms with Crippen LogP contribution in [-0.4, -0.2) is 66.1 Å². The van der Waals surface area contributed by atoms with E-state index in [2.05, 4.69) is 5.16 Å². The Morgan fingerprint density at radius 3 is 2.43 bits per heavy atom. The maximum Gasteiger partial charge on any atom is 0.248 e.